The molecule has 3 nitrogen and oxygen atoms in total. The number of hydrogen-bond donors (Lipinski definition) is 1. The lowest BCUT2D eigenvalue weighted by Crippen LogP contribution is -2.00. The average molecular weight is 509 g/mol. The van der Waals surface area contributed by atoms with Gasteiger partial charge in [0.1, 0.15) is 0 Å². The molecule has 1 unspecified atom stereocenters. The zero-order chi connectivity index (χ0) is 25.2. The number of carbonyl (C=O) groups is 1. The minimum absolute atomic E-state index is 0.206. The van der Waals surface area contributed by atoms with Crippen molar-refractivity contribution in [2.75, 3.05) is 5.75 Å². The number of halogens is 1. The molecule has 0 spiro atoms. The van der Waals surface area contributed by atoms with Gasteiger partial charge in [0.2, 0.25) is 0 Å². The number of unbranched alkanes of at least 4 members (excludes halogenated alkanes) is 1. The highest BCUT2D eigenvalue weighted by molar-refractivity contribution is 7.85. The molecule has 3 rings (SSSR count). The van der Waals surface area contributed by atoms with E-state index in [1.807, 2.05) is 42.5 Å². The fourth-order valence-corrected chi connectivity index (χ4v) is 5.24. The van der Waals surface area contributed by atoms with Crippen molar-refractivity contribution in [1.29, 1.82) is 0 Å². The quantitative estimate of drug-likeness (QED) is 0.200. The predicted octanol–water partition coefficient (Wildman–Crippen LogP) is 7.88. The van der Waals surface area contributed by atoms with Gasteiger partial charge in [0, 0.05) is 22.1 Å². The Morgan fingerprint density at radius 2 is 1.69 bits per heavy atom. The lowest BCUT2D eigenvalue weighted by atomic mass is 9.97. The SMILES string of the molecule is Cc1ccc(/C=C(\CCCS(=O)c2ccc(CCCCC(=O)O)cc2)c2cccc(Cl)c2)cc1C. The Kier molecular flexibility index (Phi) is 10.3. The first-order chi connectivity index (χ1) is 16.8. The summed E-state index contributed by atoms with van der Waals surface area (Å²) < 4.78 is 12.9. The van der Waals surface area contributed by atoms with Crippen molar-refractivity contribution in [2.45, 2.75) is 57.3 Å². The molecule has 0 fully saturated rings. The normalized spacial score (nSPS) is 12.5. The molecule has 3 aromatic rings. The fraction of sp³-hybridized carbons (Fsp3) is 0.300. The molecule has 0 aromatic heterocycles. The van der Waals surface area contributed by atoms with Crippen LogP contribution in [0.4, 0.5) is 0 Å². The Hall–Kier alpha value is -2.69. The highest BCUT2D eigenvalue weighted by Gasteiger charge is 2.08. The van der Waals surface area contributed by atoms with E-state index in [9.17, 15) is 9.00 Å². The topological polar surface area (TPSA) is 54.4 Å². The van der Waals surface area contributed by atoms with Crippen molar-refractivity contribution < 1.29 is 14.1 Å². The van der Waals surface area contributed by atoms with Crippen LogP contribution < -0.4 is 0 Å². The third kappa shape index (κ3) is 8.79. The summed E-state index contributed by atoms with van der Waals surface area (Å²) in [4.78, 5) is 11.5. The van der Waals surface area contributed by atoms with Crippen molar-refractivity contribution in [2.24, 2.45) is 0 Å². The number of hydrogen-bond acceptors (Lipinski definition) is 2. The van der Waals surface area contributed by atoms with E-state index in [1.54, 1.807) is 0 Å². The van der Waals surface area contributed by atoms with Crippen LogP contribution in [0.3, 0.4) is 0 Å². The van der Waals surface area contributed by atoms with E-state index < -0.39 is 16.8 Å². The van der Waals surface area contributed by atoms with Gasteiger partial charge in [-0.15, -0.1) is 0 Å². The molecular formula is C30H33ClO3S. The summed E-state index contributed by atoms with van der Waals surface area (Å²) in [6, 6.07) is 22.3. The standard InChI is InChI=1S/C30H33ClO3S/c1-22-12-13-25(19-23(22)2)20-26(27-8-5-10-28(31)21-27)9-6-18-35(34)29-16-14-24(15-17-29)7-3-4-11-30(32)33/h5,8,10,12-17,19-21H,3-4,6-7,9,11,18H2,1-2H3,(H,32,33)/b26-20+. The van der Waals surface area contributed by atoms with Gasteiger partial charge < -0.3 is 5.11 Å². The summed E-state index contributed by atoms with van der Waals surface area (Å²) in [5, 5.41) is 9.45. The molecular weight excluding hydrogens is 476 g/mol. The van der Waals surface area contributed by atoms with E-state index in [4.69, 9.17) is 16.7 Å². The first kappa shape index (κ1) is 26.9. The second-order valence-electron chi connectivity index (χ2n) is 8.92. The lowest BCUT2D eigenvalue weighted by Gasteiger charge is -2.11. The minimum atomic E-state index is -1.07. The van der Waals surface area contributed by atoms with Gasteiger partial charge in [0.15, 0.2) is 0 Å². The molecule has 0 amide bonds. The molecule has 0 aliphatic heterocycles. The van der Waals surface area contributed by atoms with Crippen LogP contribution in [0.5, 0.6) is 0 Å². The van der Waals surface area contributed by atoms with Crippen molar-refractivity contribution in [3.8, 4) is 0 Å². The molecule has 0 radical (unpaired) electrons. The number of allylic oxidation sites excluding steroid dienone is 1. The van der Waals surface area contributed by atoms with E-state index in [2.05, 4.69) is 44.2 Å². The van der Waals surface area contributed by atoms with Gasteiger partial charge in [-0.25, -0.2) is 0 Å². The number of aliphatic carboxylic acids is 1. The fourth-order valence-electron chi connectivity index (χ4n) is 3.97. The van der Waals surface area contributed by atoms with Crippen molar-refractivity contribution in [3.63, 3.8) is 0 Å². The number of carboxylic acid groups (broad SMARTS) is 1. The molecule has 0 saturated heterocycles. The Labute approximate surface area is 216 Å². The smallest absolute Gasteiger partial charge is 0.303 e. The Morgan fingerprint density at radius 3 is 2.37 bits per heavy atom. The van der Waals surface area contributed by atoms with Crippen molar-refractivity contribution in [3.05, 3.63) is 99.6 Å². The molecule has 184 valence electrons. The first-order valence-electron chi connectivity index (χ1n) is 12.0. The van der Waals surface area contributed by atoms with E-state index in [-0.39, 0.29) is 6.42 Å². The molecule has 5 heteroatoms. The maximum Gasteiger partial charge on any atom is 0.303 e. The highest BCUT2D eigenvalue weighted by atomic mass is 35.5. The van der Waals surface area contributed by atoms with E-state index >= 15 is 0 Å². The van der Waals surface area contributed by atoms with Crippen molar-refractivity contribution in [1.82, 2.24) is 0 Å². The van der Waals surface area contributed by atoms with Crippen LogP contribution in [-0.2, 0) is 22.0 Å². The van der Waals surface area contributed by atoms with Crippen LogP contribution in [0.15, 0.2) is 71.6 Å². The van der Waals surface area contributed by atoms with E-state index in [0.29, 0.717) is 17.2 Å². The summed E-state index contributed by atoms with van der Waals surface area (Å²) in [5.74, 6) is -0.166. The van der Waals surface area contributed by atoms with Gasteiger partial charge in [-0.3, -0.25) is 9.00 Å². The number of carboxylic acids is 1. The number of benzene rings is 3. The summed E-state index contributed by atoms with van der Waals surface area (Å²) >= 11 is 6.27. The van der Waals surface area contributed by atoms with Gasteiger partial charge in [-0.2, -0.15) is 0 Å². The maximum absolute atomic E-state index is 12.9. The molecule has 1 N–H and O–H groups in total. The van der Waals surface area contributed by atoms with Crippen molar-refractivity contribution >= 4 is 40.0 Å². The molecule has 0 aliphatic rings. The molecule has 0 aliphatic carbocycles. The Bertz CT molecular complexity index is 1200. The van der Waals surface area contributed by atoms with Crippen LogP contribution in [0, 0.1) is 13.8 Å². The van der Waals surface area contributed by atoms with Crippen LogP contribution in [0.25, 0.3) is 11.6 Å². The van der Waals surface area contributed by atoms with Crippen LogP contribution in [0.2, 0.25) is 5.02 Å². The monoisotopic (exact) mass is 508 g/mol. The van der Waals surface area contributed by atoms with Gasteiger partial charge in [0.05, 0.1) is 10.8 Å². The van der Waals surface area contributed by atoms with Gasteiger partial charge in [-0.05, 0) is 104 Å². The van der Waals surface area contributed by atoms with E-state index in [1.165, 1.54) is 16.7 Å². The molecule has 0 bridgehead atoms. The number of rotatable bonds is 12. The lowest BCUT2D eigenvalue weighted by molar-refractivity contribution is -0.137. The largest absolute Gasteiger partial charge is 0.481 e. The Balaban J connectivity index is 1.62. The second kappa shape index (κ2) is 13.4. The van der Waals surface area contributed by atoms with Crippen LogP contribution in [0.1, 0.15) is 59.9 Å². The molecule has 0 heterocycles. The predicted molar refractivity (Wildman–Crippen MR) is 147 cm³/mol. The zero-order valence-electron chi connectivity index (χ0n) is 20.4. The summed E-state index contributed by atoms with van der Waals surface area (Å²) in [7, 11) is -1.07. The highest BCUT2D eigenvalue weighted by Crippen LogP contribution is 2.27. The minimum Gasteiger partial charge on any atom is -0.481 e. The average Bonchev–Trinajstić information content (AvgIpc) is 2.83. The van der Waals surface area contributed by atoms with Crippen LogP contribution >= 0.6 is 11.6 Å². The third-order valence-electron chi connectivity index (χ3n) is 6.14. The van der Waals surface area contributed by atoms with Gasteiger partial charge in [-0.1, -0.05) is 60.1 Å². The number of aryl methyl sites for hydroxylation is 3. The first-order valence-corrected chi connectivity index (χ1v) is 13.7. The molecule has 1 atom stereocenters. The van der Waals surface area contributed by atoms with E-state index in [0.717, 1.165) is 47.3 Å². The maximum atomic E-state index is 12.9. The third-order valence-corrected chi connectivity index (χ3v) is 7.83. The molecule has 35 heavy (non-hydrogen) atoms. The summed E-state index contributed by atoms with van der Waals surface area (Å²) in [6.45, 7) is 4.23. The van der Waals surface area contributed by atoms with Gasteiger partial charge >= 0.3 is 5.97 Å². The zero-order valence-corrected chi connectivity index (χ0v) is 22.0. The summed E-state index contributed by atoms with van der Waals surface area (Å²) in [6.07, 6.45) is 6.37. The van der Waals surface area contributed by atoms with Gasteiger partial charge in [0.25, 0.3) is 0 Å². The van der Waals surface area contributed by atoms with Crippen LogP contribution in [-0.4, -0.2) is 21.0 Å². The molecule has 0 saturated carbocycles. The summed E-state index contributed by atoms with van der Waals surface area (Å²) in [5.41, 5.74) is 7.11. The molecule has 3 aromatic carbocycles. The Morgan fingerprint density at radius 1 is 0.914 bits per heavy atom. The second-order valence-corrected chi connectivity index (χ2v) is 10.9.